The van der Waals surface area contributed by atoms with Crippen LogP contribution in [0.5, 0.6) is 0 Å². The molecule has 4 unspecified atom stereocenters. The van der Waals surface area contributed by atoms with Crippen LogP contribution in [0.4, 0.5) is 0 Å². The molecule has 7 aliphatic rings. The van der Waals surface area contributed by atoms with E-state index >= 15 is 0 Å². The fraction of sp³-hybridized carbons (Fsp3) is 0.833. The van der Waals surface area contributed by atoms with Gasteiger partial charge in [0.15, 0.2) is 0 Å². The smallest absolute Gasteiger partial charge is 0.317 e. The molecule has 1 aliphatic heterocycles. The lowest BCUT2D eigenvalue weighted by molar-refractivity contribution is -0.475. The minimum absolute atomic E-state index is 0.0116. The van der Waals surface area contributed by atoms with Gasteiger partial charge in [0, 0.05) is 0 Å². The van der Waals surface area contributed by atoms with Crippen LogP contribution in [0.2, 0.25) is 0 Å². The van der Waals surface area contributed by atoms with E-state index in [4.69, 9.17) is 4.74 Å². The molecule has 0 N–H and O–H groups in total. The molecule has 0 aromatic rings. The Labute approximate surface area is 86.2 Å². The summed E-state index contributed by atoms with van der Waals surface area (Å²) >= 11 is 0. The largest absolute Gasteiger partial charge is 0.393 e. The molecule has 0 radical (unpaired) electrons. The number of carbonyl (C=O) groups excluding carboxylic acids is 2. The topological polar surface area (TPSA) is 43.4 Å². The van der Waals surface area contributed by atoms with Crippen LogP contribution in [0.15, 0.2) is 0 Å². The predicted octanol–water partition coefficient (Wildman–Crippen LogP) is 0.300. The van der Waals surface area contributed by atoms with Gasteiger partial charge in [-0.05, 0) is 47.3 Å². The van der Waals surface area contributed by atoms with Crippen molar-refractivity contribution < 1.29 is 14.3 Å². The Balaban J connectivity index is 1.60. The van der Waals surface area contributed by atoms with Crippen LogP contribution in [0, 0.1) is 59.2 Å². The van der Waals surface area contributed by atoms with Gasteiger partial charge in [-0.25, -0.2) is 0 Å². The van der Waals surface area contributed by atoms with Crippen molar-refractivity contribution in [2.24, 2.45) is 59.2 Å². The first-order chi connectivity index (χ1) is 7.30. The van der Waals surface area contributed by atoms with Crippen molar-refractivity contribution in [3.63, 3.8) is 0 Å². The van der Waals surface area contributed by atoms with Crippen molar-refractivity contribution in [2.45, 2.75) is 0 Å². The van der Waals surface area contributed by atoms with E-state index in [0.29, 0.717) is 11.8 Å². The summed E-state index contributed by atoms with van der Waals surface area (Å²) in [4.78, 5) is 23.3. The first-order valence-corrected chi connectivity index (χ1v) is 6.06. The second-order valence-corrected chi connectivity index (χ2v) is 6.41. The first-order valence-electron chi connectivity index (χ1n) is 6.06. The number of esters is 2. The molecule has 15 heavy (non-hydrogen) atoms. The third kappa shape index (κ3) is 0.362. The van der Waals surface area contributed by atoms with E-state index in [9.17, 15) is 9.59 Å². The predicted molar refractivity (Wildman–Crippen MR) is 46.0 cm³/mol. The molecule has 7 rings (SSSR count). The lowest BCUT2D eigenvalue weighted by Crippen LogP contribution is -2.92. The zero-order chi connectivity index (χ0) is 9.64. The number of hydrogen-bond donors (Lipinski definition) is 0. The summed E-state index contributed by atoms with van der Waals surface area (Å²) in [7, 11) is 0. The third-order valence-electron chi connectivity index (χ3n) is 6.85. The maximum Gasteiger partial charge on any atom is 0.317 e. The van der Waals surface area contributed by atoms with Gasteiger partial charge in [-0.15, -0.1) is 0 Å². The van der Waals surface area contributed by atoms with Gasteiger partial charge in [0.1, 0.15) is 0 Å². The van der Waals surface area contributed by atoms with E-state index in [1.165, 1.54) is 0 Å². The van der Waals surface area contributed by atoms with Crippen molar-refractivity contribution in [3.05, 3.63) is 0 Å². The number of hydrogen-bond acceptors (Lipinski definition) is 3. The Morgan fingerprint density at radius 3 is 1.33 bits per heavy atom. The van der Waals surface area contributed by atoms with E-state index in [2.05, 4.69) is 0 Å². The standard InChI is InChI=1S/C12H10O3/c13-11-9-7-3-1-2-5(3)8(6(2)4(1)7)10(9)12(14)15-11/h1-10H/t1?,2?,3-,4+,5+,6-,7?,8?,9-,10-/m1/s1. The maximum atomic E-state index is 11.7. The highest BCUT2D eigenvalue weighted by Gasteiger charge is 2.93. The molecule has 0 aromatic carbocycles. The number of rotatable bonds is 0. The van der Waals surface area contributed by atoms with Crippen molar-refractivity contribution in [1.29, 1.82) is 0 Å². The second kappa shape index (κ2) is 1.48. The quantitative estimate of drug-likeness (QED) is 0.419. The van der Waals surface area contributed by atoms with Gasteiger partial charge in [-0.3, -0.25) is 9.59 Å². The van der Waals surface area contributed by atoms with Gasteiger partial charge in [0.25, 0.3) is 0 Å². The third-order valence-corrected chi connectivity index (χ3v) is 6.85. The average molecular weight is 202 g/mol. The molecule has 0 aromatic heterocycles. The molecule has 2 bridgehead atoms. The van der Waals surface area contributed by atoms with E-state index in [1.54, 1.807) is 0 Å². The van der Waals surface area contributed by atoms with Crippen LogP contribution >= 0.6 is 0 Å². The van der Waals surface area contributed by atoms with E-state index in [0.717, 1.165) is 35.5 Å². The highest BCUT2D eigenvalue weighted by molar-refractivity contribution is 5.98. The monoisotopic (exact) mass is 202 g/mol. The van der Waals surface area contributed by atoms with Gasteiger partial charge < -0.3 is 4.74 Å². The summed E-state index contributed by atoms with van der Waals surface area (Å²) in [6, 6.07) is 0. The average Bonchev–Trinajstić information content (AvgIpc) is 2.42. The molecular formula is C12H10O3. The molecule has 1 saturated heterocycles. The Kier molecular flexibility index (Phi) is 0.659. The minimum atomic E-state index is -0.189. The fourth-order valence-electron chi connectivity index (χ4n) is 6.83. The van der Waals surface area contributed by atoms with Crippen LogP contribution in [-0.4, -0.2) is 11.9 Å². The SMILES string of the molecule is O=C1OC(=O)[C@@H]2C3[C@H]4C5C6[C@H](C([C@H]64)[C@@H]12)[C@@H]53. The number of ether oxygens (including phenoxy) is 1. The van der Waals surface area contributed by atoms with Crippen LogP contribution < -0.4 is 0 Å². The normalized spacial score (nSPS) is 78.1. The van der Waals surface area contributed by atoms with Crippen LogP contribution in [-0.2, 0) is 14.3 Å². The Bertz CT molecular complexity index is 407. The summed E-state index contributed by atoms with van der Waals surface area (Å²) in [5, 5.41) is 0. The zero-order valence-corrected chi connectivity index (χ0v) is 8.00. The Morgan fingerprint density at radius 2 is 0.933 bits per heavy atom. The molecule has 0 amide bonds. The molecule has 10 atom stereocenters. The molecule has 7 fully saturated rings. The molecule has 0 spiro atoms. The highest BCUT2D eigenvalue weighted by atomic mass is 16.6. The van der Waals surface area contributed by atoms with Gasteiger partial charge in [0.05, 0.1) is 11.8 Å². The molecule has 6 aliphatic carbocycles. The van der Waals surface area contributed by atoms with E-state index in [1.807, 2.05) is 0 Å². The van der Waals surface area contributed by atoms with Crippen molar-refractivity contribution in [2.75, 3.05) is 0 Å². The summed E-state index contributed by atoms with van der Waals surface area (Å²) in [5.74, 6) is 5.99. The Morgan fingerprint density at radius 1 is 0.600 bits per heavy atom. The molecule has 3 nitrogen and oxygen atoms in total. The Hall–Kier alpha value is -0.860. The fourth-order valence-corrected chi connectivity index (χ4v) is 6.83. The van der Waals surface area contributed by atoms with Gasteiger partial charge >= 0.3 is 11.9 Å². The van der Waals surface area contributed by atoms with Crippen LogP contribution in [0.3, 0.4) is 0 Å². The molecular weight excluding hydrogens is 192 g/mol. The lowest BCUT2D eigenvalue weighted by atomic mass is 9.09. The van der Waals surface area contributed by atoms with Crippen molar-refractivity contribution in [3.8, 4) is 0 Å². The van der Waals surface area contributed by atoms with Gasteiger partial charge in [0.2, 0.25) is 0 Å². The zero-order valence-electron chi connectivity index (χ0n) is 8.00. The van der Waals surface area contributed by atoms with E-state index < -0.39 is 0 Å². The van der Waals surface area contributed by atoms with Gasteiger partial charge in [-0.1, -0.05) is 0 Å². The summed E-state index contributed by atoms with van der Waals surface area (Å²) < 4.78 is 4.86. The molecule has 1 heterocycles. The summed E-state index contributed by atoms with van der Waals surface area (Å²) in [5.41, 5.74) is 0. The first kappa shape index (κ1) is 6.66. The summed E-state index contributed by atoms with van der Waals surface area (Å²) in [6.45, 7) is 0. The van der Waals surface area contributed by atoms with Crippen LogP contribution in [0.1, 0.15) is 0 Å². The number of carbonyl (C=O) groups is 2. The molecule has 3 heteroatoms. The molecule has 76 valence electrons. The maximum absolute atomic E-state index is 11.7. The lowest BCUT2D eigenvalue weighted by Gasteiger charge is -2.94. The molecule has 6 saturated carbocycles. The summed E-state index contributed by atoms with van der Waals surface area (Å²) in [6.07, 6.45) is 0. The number of cyclic esters (lactones) is 2. The van der Waals surface area contributed by atoms with Crippen LogP contribution in [0.25, 0.3) is 0 Å². The van der Waals surface area contributed by atoms with Crippen molar-refractivity contribution in [1.82, 2.24) is 0 Å². The van der Waals surface area contributed by atoms with Crippen molar-refractivity contribution >= 4 is 11.9 Å². The van der Waals surface area contributed by atoms with E-state index in [-0.39, 0.29) is 23.8 Å². The second-order valence-electron chi connectivity index (χ2n) is 6.41. The minimum Gasteiger partial charge on any atom is -0.393 e. The highest BCUT2D eigenvalue weighted by Crippen LogP contribution is 2.93. The van der Waals surface area contributed by atoms with Gasteiger partial charge in [-0.2, -0.15) is 0 Å².